The number of hydrogen-bond donors (Lipinski definition) is 1. The number of hydrogen-bond acceptors (Lipinski definition) is 3. The molecule has 1 amide bonds. The fraction of sp³-hybridized carbons (Fsp3) is 0.316. The van der Waals surface area contributed by atoms with Crippen LogP contribution in [0.1, 0.15) is 29.7 Å². The zero-order chi connectivity index (χ0) is 16.7. The van der Waals surface area contributed by atoms with Crippen LogP contribution in [0.25, 0.3) is 0 Å². The first-order chi connectivity index (χ1) is 11.1. The van der Waals surface area contributed by atoms with Crippen LogP contribution >= 0.6 is 11.8 Å². The van der Waals surface area contributed by atoms with Gasteiger partial charge in [-0.1, -0.05) is 42.0 Å². The fourth-order valence-corrected chi connectivity index (χ4v) is 3.00. The summed E-state index contributed by atoms with van der Waals surface area (Å²) in [5, 5.41) is 3.04. The van der Waals surface area contributed by atoms with Crippen molar-refractivity contribution in [2.24, 2.45) is 0 Å². The van der Waals surface area contributed by atoms with Crippen molar-refractivity contribution in [1.29, 1.82) is 0 Å². The normalized spacial score (nSPS) is 11.8. The maximum absolute atomic E-state index is 12.0. The van der Waals surface area contributed by atoms with Gasteiger partial charge >= 0.3 is 0 Å². The summed E-state index contributed by atoms with van der Waals surface area (Å²) < 4.78 is 5.13. The molecule has 0 aliphatic rings. The Morgan fingerprint density at radius 1 is 1.13 bits per heavy atom. The highest BCUT2D eigenvalue weighted by Crippen LogP contribution is 2.17. The molecule has 0 radical (unpaired) electrons. The summed E-state index contributed by atoms with van der Waals surface area (Å²) in [4.78, 5) is 12.0. The number of methoxy groups -OCH3 is 1. The highest BCUT2D eigenvalue weighted by molar-refractivity contribution is 7.99. The van der Waals surface area contributed by atoms with Gasteiger partial charge < -0.3 is 10.1 Å². The Labute approximate surface area is 142 Å². The average Bonchev–Trinajstić information content (AvgIpc) is 2.56. The van der Waals surface area contributed by atoms with Crippen LogP contribution in [0.4, 0.5) is 0 Å². The number of rotatable bonds is 7. The number of ether oxygens (including phenoxy) is 1. The Balaban J connectivity index is 1.74. The molecule has 122 valence electrons. The Kier molecular flexibility index (Phi) is 6.53. The molecule has 23 heavy (non-hydrogen) atoms. The molecular weight excluding hydrogens is 306 g/mol. The monoisotopic (exact) mass is 329 g/mol. The molecule has 0 heterocycles. The van der Waals surface area contributed by atoms with Crippen molar-refractivity contribution in [2.45, 2.75) is 25.6 Å². The Bertz CT molecular complexity index is 623. The third kappa shape index (κ3) is 5.64. The van der Waals surface area contributed by atoms with Crippen LogP contribution < -0.4 is 10.1 Å². The van der Waals surface area contributed by atoms with E-state index in [2.05, 4.69) is 36.5 Å². The van der Waals surface area contributed by atoms with Crippen molar-refractivity contribution >= 4 is 17.7 Å². The number of nitrogens with one attached hydrogen (secondary N) is 1. The summed E-state index contributed by atoms with van der Waals surface area (Å²) in [7, 11) is 1.66. The minimum Gasteiger partial charge on any atom is -0.497 e. The van der Waals surface area contributed by atoms with Crippen LogP contribution in [0.15, 0.2) is 48.5 Å². The van der Waals surface area contributed by atoms with Gasteiger partial charge in [-0.05, 0) is 37.1 Å². The molecule has 0 bridgehead atoms. The van der Waals surface area contributed by atoms with Crippen molar-refractivity contribution in [3.63, 3.8) is 0 Å². The number of aryl methyl sites for hydroxylation is 1. The van der Waals surface area contributed by atoms with Crippen LogP contribution in [-0.2, 0) is 10.5 Å². The van der Waals surface area contributed by atoms with Gasteiger partial charge in [0.25, 0.3) is 0 Å². The Hall–Kier alpha value is -1.94. The minimum absolute atomic E-state index is 0.0321. The van der Waals surface area contributed by atoms with Gasteiger partial charge in [-0.15, -0.1) is 11.8 Å². The molecule has 2 rings (SSSR count). The van der Waals surface area contributed by atoms with Crippen LogP contribution in [0, 0.1) is 6.92 Å². The first kappa shape index (κ1) is 17.4. The predicted molar refractivity (Wildman–Crippen MR) is 96.9 cm³/mol. The van der Waals surface area contributed by atoms with E-state index in [-0.39, 0.29) is 11.9 Å². The van der Waals surface area contributed by atoms with Gasteiger partial charge in [0.15, 0.2) is 0 Å². The molecule has 1 atom stereocenters. The second-order valence-corrected chi connectivity index (χ2v) is 6.53. The maximum atomic E-state index is 12.0. The lowest BCUT2D eigenvalue weighted by Crippen LogP contribution is -2.28. The van der Waals surface area contributed by atoms with Crippen molar-refractivity contribution in [3.8, 4) is 5.75 Å². The lowest BCUT2D eigenvalue weighted by molar-refractivity contribution is -0.119. The van der Waals surface area contributed by atoms with E-state index >= 15 is 0 Å². The number of benzene rings is 2. The average molecular weight is 329 g/mol. The standard InChI is InChI=1S/C19H23NO2S/c1-14-4-8-17(9-5-14)15(2)20-19(21)13-23-12-16-6-10-18(22-3)11-7-16/h4-11,15H,12-13H2,1-3H3,(H,20,21)/t15-/m1/s1. The SMILES string of the molecule is COc1ccc(CSCC(=O)N[C@H](C)c2ccc(C)cc2)cc1. The second-order valence-electron chi connectivity index (χ2n) is 5.54. The van der Waals surface area contributed by atoms with Gasteiger partial charge in [0.2, 0.25) is 5.91 Å². The molecule has 2 aromatic carbocycles. The molecule has 0 saturated carbocycles. The number of carbonyl (C=O) groups is 1. The quantitative estimate of drug-likeness (QED) is 0.830. The van der Waals surface area contributed by atoms with Gasteiger partial charge in [-0.3, -0.25) is 4.79 Å². The first-order valence-electron chi connectivity index (χ1n) is 7.65. The van der Waals surface area contributed by atoms with E-state index in [9.17, 15) is 4.79 Å². The molecule has 0 unspecified atom stereocenters. The van der Waals surface area contributed by atoms with Crippen LogP contribution in [0.5, 0.6) is 5.75 Å². The molecule has 0 aliphatic heterocycles. The third-order valence-electron chi connectivity index (χ3n) is 3.62. The van der Waals surface area contributed by atoms with Crippen molar-refractivity contribution in [2.75, 3.05) is 12.9 Å². The smallest absolute Gasteiger partial charge is 0.230 e. The molecule has 2 aromatic rings. The Morgan fingerprint density at radius 2 is 1.78 bits per heavy atom. The highest BCUT2D eigenvalue weighted by Gasteiger charge is 2.09. The fourth-order valence-electron chi connectivity index (χ4n) is 2.20. The van der Waals surface area contributed by atoms with Crippen molar-refractivity contribution < 1.29 is 9.53 Å². The van der Waals surface area contributed by atoms with Crippen LogP contribution in [-0.4, -0.2) is 18.8 Å². The van der Waals surface area contributed by atoms with Crippen LogP contribution in [0.2, 0.25) is 0 Å². The molecule has 0 saturated heterocycles. The number of carbonyl (C=O) groups excluding carboxylic acids is 1. The van der Waals surface area contributed by atoms with E-state index in [1.54, 1.807) is 18.9 Å². The van der Waals surface area contributed by atoms with Crippen molar-refractivity contribution in [1.82, 2.24) is 5.32 Å². The maximum Gasteiger partial charge on any atom is 0.230 e. The third-order valence-corrected chi connectivity index (χ3v) is 4.62. The van der Waals surface area contributed by atoms with Gasteiger partial charge in [0.1, 0.15) is 5.75 Å². The van der Waals surface area contributed by atoms with Gasteiger partial charge in [-0.25, -0.2) is 0 Å². The second kappa shape index (κ2) is 8.63. The molecule has 0 aromatic heterocycles. The summed E-state index contributed by atoms with van der Waals surface area (Å²) in [6.07, 6.45) is 0. The van der Waals surface area contributed by atoms with E-state index in [0.717, 1.165) is 17.1 Å². The van der Waals surface area contributed by atoms with Crippen molar-refractivity contribution in [3.05, 3.63) is 65.2 Å². The molecular formula is C19H23NO2S. The number of thioether (sulfide) groups is 1. The zero-order valence-electron chi connectivity index (χ0n) is 13.8. The molecule has 0 spiro atoms. The zero-order valence-corrected chi connectivity index (χ0v) is 14.7. The van der Waals surface area contributed by atoms with E-state index in [1.165, 1.54) is 11.1 Å². The largest absolute Gasteiger partial charge is 0.497 e. The summed E-state index contributed by atoms with van der Waals surface area (Å²) in [6.45, 7) is 4.07. The van der Waals surface area contributed by atoms with Gasteiger partial charge in [0.05, 0.1) is 18.9 Å². The van der Waals surface area contributed by atoms with E-state index in [4.69, 9.17) is 4.74 Å². The Morgan fingerprint density at radius 3 is 2.39 bits per heavy atom. The molecule has 4 heteroatoms. The molecule has 0 fully saturated rings. The number of amides is 1. The topological polar surface area (TPSA) is 38.3 Å². The van der Waals surface area contributed by atoms with Gasteiger partial charge in [-0.2, -0.15) is 0 Å². The summed E-state index contributed by atoms with van der Waals surface area (Å²) in [5.41, 5.74) is 3.54. The summed E-state index contributed by atoms with van der Waals surface area (Å²) in [6, 6.07) is 16.2. The van der Waals surface area contributed by atoms with E-state index in [1.807, 2.05) is 31.2 Å². The molecule has 3 nitrogen and oxygen atoms in total. The summed E-state index contributed by atoms with van der Waals surface area (Å²) >= 11 is 1.61. The molecule has 1 N–H and O–H groups in total. The van der Waals surface area contributed by atoms with E-state index < -0.39 is 0 Å². The lowest BCUT2D eigenvalue weighted by atomic mass is 10.1. The highest BCUT2D eigenvalue weighted by atomic mass is 32.2. The lowest BCUT2D eigenvalue weighted by Gasteiger charge is -2.14. The molecule has 0 aliphatic carbocycles. The van der Waals surface area contributed by atoms with E-state index in [0.29, 0.717) is 5.75 Å². The summed E-state index contributed by atoms with van der Waals surface area (Å²) in [5.74, 6) is 2.19. The predicted octanol–water partition coefficient (Wildman–Crippen LogP) is 4.11. The minimum atomic E-state index is 0.0321. The van der Waals surface area contributed by atoms with Gasteiger partial charge in [0, 0.05) is 5.75 Å². The van der Waals surface area contributed by atoms with Crippen LogP contribution in [0.3, 0.4) is 0 Å². The first-order valence-corrected chi connectivity index (χ1v) is 8.80.